The maximum Gasteiger partial charge on any atom is 0.123 e. The average Bonchev–Trinajstić information content (AvgIpc) is 2.79. The number of hydrogen-bond donors (Lipinski definition) is 2. The molecule has 1 heterocycles. The molecule has 1 aromatic carbocycles. The standard InChI is InChI=1S/C13H14BrN3/c1-2-5-11(15)13-16-8-12(17-13)9-6-3-4-7-10(9)14/h2-4,6-8,11H,1,5,15H2,(H,16,17). The Morgan fingerprint density at radius 2 is 2.24 bits per heavy atom. The Morgan fingerprint density at radius 1 is 1.47 bits per heavy atom. The van der Waals surface area contributed by atoms with Crippen LogP contribution in [0.3, 0.4) is 0 Å². The van der Waals surface area contributed by atoms with Crippen molar-refractivity contribution in [1.29, 1.82) is 0 Å². The molecule has 2 aromatic rings. The molecular formula is C13H14BrN3. The highest BCUT2D eigenvalue weighted by atomic mass is 79.9. The second kappa shape index (κ2) is 5.29. The SMILES string of the molecule is C=CCC(N)c1ncc(-c2ccccc2Br)[nH]1. The van der Waals surface area contributed by atoms with E-state index in [4.69, 9.17) is 5.73 Å². The summed E-state index contributed by atoms with van der Waals surface area (Å²) in [4.78, 5) is 7.54. The van der Waals surface area contributed by atoms with Gasteiger partial charge in [-0.3, -0.25) is 0 Å². The fourth-order valence-corrected chi connectivity index (χ4v) is 2.13. The second-order valence-electron chi connectivity index (χ2n) is 3.79. The molecule has 0 radical (unpaired) electrons. The van der Waals surface area contributed by atoms with Crippen LogP contribution in [0.15, 0.2) is 47.6 Å². The fourth-order valence-electron chi connectivity index (χ4n) is 1.63. The summed E-state index contributed by atoms with van der Waals surface area (Å²) in [5.41, 5.74) is 8.00. The van der Waals surface area contributed by atoms with Crippen molar-refractivity contribution in [3.8, 4) is 11.3 Å². The van der Waals surface area contributed by atoms with Gasteiger partial charge in [0.2, 0.25) is 0 Å². The lowest BCUT2D eigenvalue weighted by Crippen LogP contribution is -2.10. The van der Waals surface area contributed by atoms with Crippen molar-refractivity contribution in [1.82, 2.24) is 9.97 Å². The Morgan fingerprint density at radius 3 is 2.94 bits per heavy atom. The summed E-state index contributed by atoms with van der Waals surface area (Å²) >= 11 is 3.51. The quantitative estimate of drug-likeness (QED) is 0.848. The Bertz CT molecular complexity index is 519. The molecule has 0 saturated heterocycles. The Kier molecular flexibility index (Phi) is 3.76. The minimum absolute atomic E-state index is 0.122. The number of hydrogen-bond acceptors (Lipinski definition) is 2. The van der Waals surface area contributed by atoms with Crippen molar-refractivity contribution in [3.63, 3.8) is 0 Å². The van der Waals surface area contributed by atoms with Crippen LogP contribution >= 0.6 is 15.9 Å². The van der Waals surface area contributed by atoms with E-state index in [1.165, 1.54) is 0 Å². The highest BCUT2D eigenvalue weighted by Gasteiger charge is 2.10. The van der Waals surface area contributed by atoms with Crippen molar-refractivity contribution in [2.75, 3.05) is 0 Å². The van der Waals surface area contributed by atoms with Gasteiger partial charge in [0, 0.05) is 10.0 Å². The van der Waals surface area contributed by atoms with Gasteiger partial charge in [-0.05, 0) is 12.5 Å². The van der Waals surface area contributed by atoms with Crippen LogP contribution in [0.25, 0.3) is 11.3 Å². The lowest BCUT2D eigenvalue weighted by atomic mass is 10.2. The van der Waals surface area contributed by atoms with E-state index in [0.29, 0.717) is 6.42 Å². The third-order valence-corrected chi connectivity index (χ3v) is 3.22. The van der Waals surface area contributed by atoms with Gasteiger partial charge in [0.25, 0.3) is 0 Å². The minimum atomic E-state index is -0.122. The third kappa shape index (κ3) is 2.65. The first kappa shape index (κ1) is 12.1. The maximum atomic E-state index is 5.96. The summed E-state index contributed by atoms with van der Waals surface area (Å²) in [6.45, 7) is 3.68. The van der Waals surface area contributed by atoms with E-state index >= 15 is 0 Å². The number of aromatic amines is 1. The maximum absolute atomic E-state index is 5.96. The third-order valence-electron chi connectivity index (χ3n) is 2.53. The number of aromatic nitrogens is 2. The summed E-state index contributed by atoms with van der Waals surface area (Å²) in [6.07, 6.45) is 4.31. The zero-order valence-electron chi connectivity index (χ0n) is 9.36. The summed E-state index contributed by atoms with van der Waals surface area (Å²) in [7, 11) is 0. The van der Waals surface area contributed by atoms with Crippen LogP contribution in [0, 0.1) is 0 Å². The van der Waals surface area contributed by atoms with Crippen molar-refractivity contribution in [3.05, 3.63) is 53.4 Å². The number of H-pyrrole nitrogens is 1. The first-order valence-corrected chi connectivity index (χ1v) is 6.18. The average molecular weight is 292 g/mol. The summed E-state index contributed by atoms with van der Waals surface area (Å²) < 4.78 is 1.03. The Balaban J connectivity index is 2.30. The summed E-state index contributed by atoms with van der Waals surface area (Å²) in [6, 6.07) is 7.88. The predicted molar refractivity (Wildman–Crippen MR) is 73.5 cm³/mol. The van der Waals surface area contributed by atoms with Crippen molar-refractivity contribution < 1.29 is 0 Å². The van der Waals surface area contributed by atoms with Crippen LogP contribution in [-0.2, 0) is 0 Å². The van der Waals surface area contributed by atoms with Gasteiger partial charge in [-0.15, -0.1) is 6.58 Å². The highest BCUT2D eigenvalue weighted by molar-refractivity contribution is 9.10. The molecule has 2 rings (SSSR count). The number of nitrogens with zero attached hydrogens (tertiary/aromatic N) is 1. The molecule has 0 aliphatic heterocycles. The van der Waals surface area contributed by atoms with E-state index in [9.17, 15) is 0 Å². The van der Waals surface area contributed by atoms with Gasteiger partial charge >= 0.3 is 0 Å². The molecule has 88 valence electrons. The lowest BCUT2D eigenvalue weighted by Gasteiger charge is -2.05. The van der Waals surface area contributed by atoms with Gasteiger partial charge in [-0.25, -0.2) is 4.98 Å². The summed E-state index contributed by atoms with van der Waals surface area (Å²) in [5.74, 6) is 0.788. The van der Waals surface area contributed by atoms with E-state index in [2.05, 4.69) is 32.5 Å². The molecule has 1 atom stereocenters. The van der Waals surface area contributed by atoms with Crippen LogP contribution in [0.4, 0.5) is 0 Å². The molecule has 0 spiro atoms. The molecule has 0 aliphatic rings. The van der Waals surface area contributed by atoms with Gasteiger partial charge < -0.3 is 10.7 Å². The molecule has 0 aliphatic carbocycles. The fraction of sp³-hybridized carbons (Fsp3) is 0.154. The number of nitrogens with one attached hydrogen (secondary N) is 1. The molecule has 3 N–H and O–H groups in total. The molecular weight excluding hydrogens is 278 g/mol. The molecule has 4 heteroatoms. The van der Waals surface area contributed by atoms with E-state index in [1.54, 1.807) is 12.3 Å². The van der Waals surface area contributed by atoms with Crippen LogP contribution in [-0.4, -0.2) is 9.97 Å². The normalized spacial score (nSPS) is 12.4. The molecule has 0 fully saturated rings. The van der Waals surface area contributed by atoms with Gasteiger partial charge in [0.05, 0.1) is 17.9 Å². The highest BCUT2D eigenvalue weighted by Crippen LogP contribution is 2.27. The lowest BCUT2D eigenvalue weighted by molar-refractivity contribution is 0.694. The second-order valence-corrected chi connectivity index (χ2v) is 4.65. The number of imidazole rings is 1. The molecule has 0 saturated carbocycles. The van der Waals surface area contributed by atoms with Gasteiger partial charge in [0.1, 0.15) is 5.82 Å². The molecule has 3 nitrogen and oxygen atoms in total. The largest absolute Gasteiger partial charge is 0.341 e. The number of halogens is 1. The topological polar surface area (TPSA) is 54.7 Å². The molecule has 0 bridgehead atoms. The zero-order valence-corrected chi connectivity index (χ0v) is 10.9. The molecule has 1 aromatic heterocycles. The van der Waals surface area contributed by atoms with Gasteiger partial charge in [-0.1, -0.05) is 40.2 Å². The van der Waals surface area contributed by atoms with Gasteiger partial charge in [0.15, 0.2) is 0 Å². The van der Waals surface area contributed by atoms with Crippen LogP contribution in [0.5, 0.6) is 0 Å². The van der Waals surface area contributed by atoms with E-state index < -0.39 is 0 Å². The van der Waals surface area contributed by atoms with Crippen LogP contribution < -0.4 is 5.73 Å². The smallest absolute Gasteiger partial charge is 0.123 e. The molecule has 17 heavy (non-hydrogen) atoms. The Labute approximate surface area is 109 Å². The van der Waals surface area contributed by atoms with Crippen molar-refractivity contribution in [2.24, 2.45) is 5.73 Å². The number of benzene rings is 1. The van der Waals surface area contributed by atoms with E-state index in [-0.39, 0.29) is 6.04 Å². The molecule has 0 amide bonds. The predicted octanol–water partition coefficient (Wildman–Crippen LogP) is 3.42. The Hall–Kier alpha value is -1.39. The number of rotatable bonds is 4. The summed E-state index contributed by atoms with van der Waals surface area (Å²) in [5, 5.41) is 0. The number of nitrogens with two attached hydrogens (primary N) is 1. The first-order chi connectivity index (χ1) is 8.22. The van der Waals surface area contributed by atoms with Crippen molar-refractivity contribution in [2.45, 2.75) is 12.5 Å². The van der Waals surface area contributed by atoms with Gasteiger partial charge in [-0.2, -0.15) is 0 Å². The zero-order chi connectivity index (χ0) is 12.3. The van der Waals surface area contributed by atoms with Crippen molar-refractivity contribution >= 4 is 15.9 Å². The minimum Gasteiger partial charge on any atom is -0.341 e. The first-order valence-electron chi connectivity index (χ1n) is 5.38. The monoisotopic (exact) mass is 291 g/mol. The van der Waals surface area contributed by atoms with E-state index in [0.717, 1.165) is 21.6 Å². The van der Waals surface area contributed by atoms with Crippen LogP contribution in [0.2, 0.25) is 0 Å². The van der Waals surface area contributed by atoms with E-state index in [1.807, 2.05) is 24.3 Å². The molecule has 1 unspecified atom stereocenters. The van der Waals surface area contributed by atoms with Crippen LogP contribution in [0.1, 0.15) is 18.3 Å².